The fraction of sp³-hybridized carbons (Fsp3) is 0.542. The van der Waals surface area contributed by atoms with E-state index in [-0.39, 0.29) is 17.9 Å². The maximum absolute atomic E-state index is 13.7. The number of aromatic nitrogens is 4. The molecular weight excluding hydrogens is 423 g/mol. The van der Waals surface area contributed by atoms with Crippen LogP contribution in [0.2, 0.25) is 0 Å². The fourth-order valence-electron chi connectivity index (χ4n) is 5.19. The van der Waals surface area contributed by atoms with E-state index in [9.17, 15) is 14.0 Å². The third-order valence-corrected chi connectivity index (χ3v) is 7.10. The number of hydrogen-bond donors (Lipinski definition) is 1. The molecule has 1 N–H and O–H groups in total. The number of nitrogens with zero attached hydrogens (tertiary/aromatic N) is 5. The van der Waals surface area contributed by atoms with E-state index in [1.807, 2.05) is 4.57 Å². The largest absolute Gasteiger partial charge is 0.338 e. The zero-order valence-corrected chi connectivity index (χ0v) is 19.4. The van der Waals surface area contributed by atoms with E-state index in [4.69, 9.17) is 4.98 Å². The van der Waals surface area contributed by atoms with Crippen LogP contribution in [0.1, 0.15) is 32.3 Å². The average molecular weight is 455 g/mol. The minimum atomic E-state index is -0.418. The van der Waals surface area contributed by atoms with Gasteiger partial charge in [-0.3, -0.25) is 13.9 Å². The van der Waals surface area contributed by atoms with Gasteiger partial charge in [0, 0.05) is 39.3 Å². The molecule has 0 amide bonds. The molecule has 2 fully saturated rings. The number of rotatable bonds is 6. The van der Waals surface area contributed by atoms with Crippen LogP contribution in [0.3, 0.4) is 0 Å². The van der Waals surface area contributed by atoms with Gasteiger partial charge in [-0.2, -0.15) is 4.98 Å². The molecule has 2 aliphatic rings. The van der Waals surface area contributed by atoms with Crippen LogP contribution < -0.4 is 21.5 Å². The Bertz CT molecular complexity index is 1290. The first-order valence-corrected chi connectivity index (χ1v) is 11.8. The molecule has 0 bridgehead atoms. The zero-order chi connectivity index (χ0) is 23.3. The van der Waals surface area contributed by atoms with Gasteiger partial charge in [-0.05, 0) is 42.4 Å². The number of anilines is 1. The Hall–Kier alpha value is -2.94. The number of benzene rings is 1. The van der Waals surface area contributed by atoms with Crippen LogP contribution in [0.4, 0.5) is 10.3 Å². The molecule has 2 saturated heterocycles. The Morgan fingerprint density at radius 2 is 1.91 bits per heavy atom. The Kier molecular flexibility index (Phi) is 5.60. The van der Waals surface area contributed by atoms with Crippen molar-refractivity contribution in [3.63, 3.8) is 0 Å². The summed E-state index contributed by atoms with van der Waals surface area (Å²) < 4.78 is 18.1. The van der Waals surface area contributed by atoms with E-state index in [0.29, 0.717) is 41.1 Å². The van der Waals surface area contributed by atoms with Gasteiger partial charge < -0.3 is 14.8 Å². The van der Waals surface area contributed by atoms with E-state index in [2.05, 4.69) is 24.1 Å². The minimum absolute atomic E-state index is 0.0880. The Labute approximate surface area is 191 Å². The summed E-state index contributed by atoms with van der Waals surface area (Å²) in [5.74, 6) is 1.48. The second kappa shape index (κ2) is 8.44. The summed E-state index contributed by atoms with van der Waals surface area (Å²) in [4.78, 5) is 34.0. The van der Waals surface area contributed by atoms with E-state index in [1.165, 1.54) is 21.3 Å². The molecule has 33 heavy (non-hydrogen) atoms. The Morgan fingerprint density at radius 1 is 1.15 bits per heavy atom. The molecule has 2 aliphatic heterocycles. The van der Waals surface area contributed by atoms with Crippen molar-refractivity contribution in [3.8, 4) is 0 Å². The number of aryl methyl sites for hydroxylation is 2. The SMILES string of the molecule is CC(C)CCn1c(N2CCC3CNCC32)nc2c1c(=O)n(Cc1ccc(F)cc1)c(=O)n2C. The summed E-state index contributed by atoms with van der Waals surface area (Å²) in [6, 6.07) is 6.24. The lowest BCUT2D eigenvalue weighted by molar-refractivity contribution is 0.514. The van der Waals surface area contributed by atoms with Gasteiger partial charge in [-0.15, -0.1) is 0 Å². The van der Waals surface area contributed by atoms with E-state index < -0.39 is 5.69 Å². The maximum atomic E-state index is 13.7. The molecule has 2 unspecified atom stereocenters. The van der Waals surface area contributed by atoms with Crippen LogP contribution in [0, 0.1) is 17.7 Å². The summed E-state index contributed by atoms with van der Waals surface area (Å²) >= 11 is 0. The normalized spacial score (nSPS) is 20.3. The highest BCUT2D eigenvalue weighted by Crippen LogP contribution is 2.33. The first-order chi connectivity index (χ1) is 15.8. The van der Waals surface area contributed by atoms with Crippen molar-refractivity contribution < 1.29 is 4.39 Å². The number of nitrogens with one attached hydrogen (secondary N) is 1. The molecule has 0 saturated carbocycles. The maximum Gasteiger partial charge on any atom is 0.332 e. The van der Waals surface area contributed by atoms with Gasteiger partial charge in [0.25, 0.3) is 5.56 Å². The van der Waals surface area contributed by atoms with E-state index >= 15 is 0 Å². The van der Waals surface area contributed by atoms with Crippen molar-refractivity contribution in [2.45, 2.75) is 45.8 Å². The lowest BCUT2D eigenvalue weighted by Crippen LogP contribution is -2.40. The van der Waals surface area contributed by atoms with Crippen molar-refractivity contribution in [2.75, 3.05) is 24.5 Å². The third-order valence-electron chi connectivity index (χ3n) is 7.10. The molecule has 8 nitrogen and oxygen atoms in total. The predicted octanol–water partition coefficient (Wildman–Crippen LogP) is 1.93. The summed E-state index contributed by atoms with van der Waals surface area (Å²) in [7, 11) is 1.67. The lowest BCUT2D eigenvalue weighted by atomic mass is 10.1. The second-order valence-electron chi connectivity index (χ2n) is 9.75. The van der Waals surface area contributed by atoms with Gasteiger partial charge in [0.2, 0.25) is 5.95 Å². The predicted molar refractivity (Wildman–Crippen MR) is 126 cm³/mol. The van der Waals surface area contributed by atoms with Crippen LogP contribution in [0.5, 0.6) is 0 Å². The van der Waals surface area contributed by atoms with Crippen LogP contribution in [0.25, 0.3) is 11.2 Å². The van der Waals surface area contributed by atoms with Crippen LogP contribution >= 0.6 is 0 Å². The molecule has 5 rings (SSSR count). The van der Waals surface area contributed by atoms with Gasteiger partial charge in [0.05, 0.1) is 6.54 Å². The molecule has 9 heteroatoms. The van der Waals surface area contributed by atoms with Crippen LogP contribution in [-0.4, -0.2) is 44.4 Å². The molecular formula is C24H31FN6O2. The van der Waals surface area contributed by atoms with Crippen LogP contribution in [0.15, 0.2) is 33.9 Å². The van der Waals surface area contributed by atoms with E-state index in [0.717, 1.165) is 38.4 Å². The van der Waals surface area contributed by atoms with Crippen molar-refractivity contribution in [3.05, 3.63) is 56.5 Å². The summed E-state index contributed by atoms with van der Waals surface area (Å²) in [6.45, 7) is 7.89. The molecule has 2 aromatic heterocycles. The Balaban J connectivity index is 1.67. The van der Waals surface area contributed by atoms with Gasteiger partial charge >= 0.3 is 5.69 Å². The average Bonchev–Trinajstić information content (AvgIpc) is 3.49. The van der Waals surface area contributed by atoms with Crippen molar-refractivity contribution >= 4 is 17.1 Å². The number of hydrogen-bond acceptors (Lipinski definition) is 5. The van der Waals surface area contributed by atoms with Crippen LogP contribution in [-0.2, 0) is 20.1 Å². The Morgan fingerprint density at radius 3 is 2.64 bits per heavy atom. The van der Waals surface area contributed by atoms with Crippen molar-refractivity contribution in [2.24, 2.45) is 18.9 Å². The summed E-state index contributed by atoms with van der Waals surface area (Å²) in [5.41, 5.74) is 0.819. The van der Waals surface area contributed by atoms with Gasteiger partial charge in [-0.25, -0.2) is 9.18 Å². The van der Waals surface area contributed by atoms with Crippen molar-refractivity contribution in [1.29, 1.82) is 0 Å². The topological polar surface area (TPSA) is 77.1 Å². The van der Waals surface area contributed by atoms with Gasteiger partial charge in [0.1, 0.15) is 5.82 Å². The zero-order valence-electron chi connectivity index (χ0n) is 19.4. The summed E-state index contributed by atoms with van der Waals surface area (Å²) in [6.07, 6.45) is 2.00. The third kappa shape index (κ3) is 3.78. The highest BCUT2D eigenvalue weighted by atomic mass is 19.1. The fourth-order valence-corrected chi connectivity index (χ4v) is 5.19. The molecule has 4 heterocycles. The first-order valence-electron chi connectivity index (χ1n) is 11.8. The van der Waals surface area contributed by atoms with Gasteiger partial charge in [-0.1, -0.05) is 26.0 Å². The van der Waals surface area contributed by atoms with E-state index in [1.54, 1.807) is 19.2 Å². The molecule has 0 radical (unpaired) electrons. The first kappa shape index (κ1) is 21.9. The molecule has 176 valence electrons. The highest BCUT2D eigenvalue weighted by Gasteiger charge is 2.40. The number of halogens is 1. The number of fused-ring (bicyclic) bond motifs is 2. The molecule has 0 aliphatic carbocycles. The quantitative estimate of drug-likeness (QED) is 0.616. The summed E-state index contributed by atoms with van der Waals surface area (Å²) in [5, 5.41) is 3.47. The minimum Gasteiger partial charge on any atom is -0.338 e. The molecule has 0 spiro atoms. The molecule has 1 aromatic carbocycles. The second-order valence-corrected chi connectivity index (χ2v) is 9.75. The highest BCUT2D eigenvalue weighted by molar-refractivity contribution is 5.75. The standard InChI is InChI=1S/C24H31FN6O2/c1-15(2)8-10-30-20-21(27-23(30)29-11-9-17-12-26-13-19(17)29)28(3)24(33)31(22(20)32)14-16-4-6-18(25)7-5-16/h4-7,15,17,19,26H,8-14H2,1-3H3. The number of imidazole rings is 1. The smallest absolute Gasteiger partial charge is 0.332 e. The van der Waals surface area contributed by atoms with Gasteiger partial charge in [0.15, 0.2) is 11.2 Å². The lowest BCUT2D eigenvalue weighted by Gasteiger charge is -2.25. The monoisotopic (exact) mass is 454 g/mol. The van der Waals surface area contributed by atoms with Crippen molar-refractivity contribution in [1.82, 2.24) is 24.0 Å². The molecule has 3 aromatic rings. The molecule has 2 atom stereocenters.